The molecule has 2 nitrogen and oxygen atoms in total. The molecule has 8 aromatic carbocycles. The molecule has 0 fully saturated rings. The molecule has 0 aromatic heterocycles. The Morgan fingerprint density at radius 3 is 0.848 bits per heavy atom. The summed E-state index contributed by atoms with van der Waals surface area (Å²) in [4.78, 5) is 0. The fraction of sp³-hybridized carbons (Fsp3) is 0.0455. The van der Waals surface area contributed by atoms with E-state index in [0.29, 0.717) is 0 Å². The maximum Gasteiger partial charge on any atom is 0.0927 e. The Balaban J connectivity index is 1.27. The van der Waals surface area contributed by atoms with Crippen molar-refractivity contribution in [3.05, 3.63) is 205 Å². The van der Waals surface area contributed by atoms with E-state index in [2.05, 4.69) is 187 Å². The molecular weight excluding hydrogens is 556 g/mol. The van der Waals surface area contributed by atoms with Crippen LogP contribution in [0, 0.1) is 0 Å². The highest BCUT2D eigenvalue weighted by Gasteiger charge is 2.23. The Kier molecular flexibility index (Phi) is 7.16. The molecule has 8 rings (SSSR count). The Morgan fingerprint density at radius 1 is 0.326 bits per heavy atom. The third kappa shape index (κ3) is 5.04. The average Bonchev–Trinajstić information content (AvgIpc) is 3.12. The molecule has 0 saturated heterocycles. The van der Waals surface area contributed by atoms with Crippen molar-refractivity contribution < 1.29 is 0 Å². The van der Waals surface area contributed by atoms with Gasteiger partial charge < -0.3 is 10.6 Å². The van der Waals surface area contributed by atoms with Crippen LogP contribution in [0.2, 0.25) is 0 Å². The number of rotatable bonds is 8. The van der Waals surface area contributed by atoms with Crippen molar-refractivity contribution in [1.82, 2.24) is 10.6 Å². The van der Waals surface area contributed by atoms with Gasteiger partial charge in [-0.05, 0) is 65.3 Å². The van der Waals surface area contributed by atoms with Gasteiger partial charge in [-0.2, -0.15) is 0 Å². The van der Waals surface area contributed by atoms with Gasteiger partial charge in [0.1, 0.15) is 0 Å². The van der Waals surface area contributed by atoms with E-state index in [-0.39, 0.29) is 12.1 Å². The fourth-order valence-corrected chi connectivity index (χ4v) is 7.04. The molecule has 0 heterocycles. The molecule has 0 amide bonds. The summed E-state index contributed by atoms with van der Waals surface area (Å²) in [5, 5.41) is 17.6. The van der Waals surface area contributed by atoms with Crippen LogP contribution in [-0.2, 0) is 0 Å². The molecular formula is C44H34N2. The highest BCUT2D eigenvalue weighted by molar-refractivity contribution is 5.91. The van der Waals surface area contributed by atoms with E-state index in [4.69, 9.17) is 0 Å². The smallest absolute Gasteiger partial charge is 0.0927 e. The zero-order valence-corrected chi connectivity index (χ0v) is 25.5. The van der Waals surface area contributed by atoms with Gasteiger partial charge in [0.25, 0.3) is 0 Å². The van der Waals surface area contributed by atoms with Crippen LogP contribution in [0.3, 0.4) is 0 Å². The normalized spacial score (nSPS) is 11.5. The zero-order valence-electron chi connectivity index (χ0n) is 25.5. The van der Waals surface area contributed by atoms with Crippen LogP contribution in [0.15, 0.2) is 182 Å². The highest BCUT2D eigenvalue weighted by atomic mass is 15.1. The van der Waals surface area contributed by atoms with Crippen molar-refractivity contribution in [3.8, 4) is 0 Å². The van der Waals surface area contributed by atoms with Crippen LogP contribution in [-0.4, -0.2) is 0 Å². The average molecular weight is 591 g/mol. The van der Waals surface area contributed by atoms with Crippen LogP contribution in [0.4, 0.5) is 0 Å². The van der Waals surface area contributed by atoms with E-state index in [9.17, 15) is 0 Å². The predicted molar refractivity (Wildman–Crippen MR) is 195 cm³/mol. The van der Waals surface area contributed by atoms with Crippen molar-refractivity contribution in [2.75, 3.05) is 0 Å². The summed E-state index contributed by atoms with van der Waals surface area (Å²) in [7, 11) is 0. The maximum absolute atomic E-state index is 4.63. The first-order valence-corrected chi connectivity index (χ1v) is 15.9. The molecule has 220 valence electrons. The van der Waals surface area contributed by atoms with E-state index >= 15 is 0 Å². The lowest BCUT2D eigenvalue weighted by atomic mass is 9.90. The lowest BCUT2D eigenvalue weighted by Crippen LogP contribution is -2.33. The van der Waals surface area contributed by atoms with E-state index in [1.54, 1.807) is 0 Å². The summed E-state index contributed by atoms with van der Waals surface area (Å²) in [6.07, 6.45) is 0. The fourth-order valence-electron chi connectivity index (χ4n) is 7.04. The van der Waals surface area contributed by atoms with Gasteiger partial charge in [-0.3, -0.25) is 0 Å². The predicted octanol–water partition coefficient (Wildman–Crippen LogP) is 10.8. The first-order valence-electron chi connectivity index (χ1n) is 15.9. The van der Waals surface area contributed by atoms with Crippen LogP contribution in [0.5, 0.6) is 0 Å². The van der Waals surface area contributed by atoms with E-state index < -0.39 is 0 Å². The van der Waals surface area contributed by atoms with Gasteiger partial charge in [0, 0.05) is 0 Å². The Bertz CT molecular complexity index is 2020. The Labute approximate surface area is 269 Å². The van der Waals surface area contributed by atoms with Crippen LogP contribution in [0.1, 0.15) is 34.3 Å². The topological polar surface area (TPSA) is 24.1 Å². The summed E-state index contributed by atoms with van der Waals surface area (Å²) >= 11 is 0. The van der Waals surface area contributed by atoms with Crippen LogP contribution < -0.4 is 10.6 Å². The molecule has 0 radical (unpaired) electrons. The maximum atomic E-state index is 4.63. The summed E-state index contributed by atoms with van der Waals surface area (Å²) in [5.41, 5.74) is 4.85. The Hall–Kier alpha value is -5.86. The molecule has 46 heavy (non-hydrogen) atoms. The summed E-state index contributed by atoms with van der Waals surface area (Å²) < 4.78 is 0. The van der Waals surface area contributed by atoms with Gasteiger partial charge in [-0.25, -0.2) is 0 Å². The van der Waals surface area contributed by atoms with Gasteiger partial charge in [0.2, 0.25) is 0 Å². The lowest BCUT2D eigenvalue weighted by Gasteiger charge is -2.29. The number of fused-ring (bicyclic) bond motifs is 4. The van der Waals surface area contributed by atoms with Crippen LogP contribution in [0.25, 0.3) is 43.1 Å². The minimum Gasteiger partial charge on any atom is -0.361 e. The number of benzene rings is 8. The first kappa shape index (κ1) is 27.7. The molecule has 0 unspecified atom stereocenters. The molecule has 0 saturated carbocycles. The largest absolute Gasteiger partial charge is 0.361 e. The van der Waals surface area contributed by atoms with Crippen molar-refractivity contribution in [3.63, 3.8) is 0 Å². The quantitative estimate of drug-likeness (QED) is 0.184. The second kappa shape index (κ2) is 11.9. The minimum atomic E-state index is -0.141. The molecule has 8 aromatic rings. The van der Waals surface area contributed by atoms with E-state index in [1.165, 1.54) is 65.3 Å². The number of nitrogens with one attached hydrogen (secondary N) is 2. The summed E-state index contributed by atoms with van der Waals surface area (Å²) in [6.45, 7) is 4.63. The molecule has 0 spiro atoms. The Morgan fingerprint density at radius 2 is 0.565 bits per heavy atom. The van der Waals surface area contributed by atoms with Gasteiger partial charge in [0.05, 0.1) is 17.9 Å². The standard InChI is InChI=1S/C44H34N2/c1-30(45-43(39-26-10-18-31-14-2-6-22-35(31)39)40-27-11-19-32-15-3-7-23-36(32)40)46-44(41-28-12-20-33-16-4-8-24-37(33)41)42-29-13-21-34-17-5-9-25-38(34)42/h2-29,43-46H,1H2. The number of hydrogen-bond donors (Lipinski definition) is 2. The number of hydrogen-bond acceptors (Lipinski definition) is 2. The van der Waals surface area contributed by atoms with Crippen LogP contribution >= 0.6 is 0 Å². The molecule has 0 aliphatic heterocycles. The monoisotopic (exact) mass is 590 g/mol. The third-order valence-corrected chi connectivity index (χ3v) is 9.17. The second-order valence-corrected chi connectivity index (χ2v) is 11.9. The lowest BCUT2D eigenvalue weighted by molar-refractivity contribution is 0.593. The van der Waals surface area contributed by atoms with E-state index in [0.717, 1.165) is 5.82 Å². The van der Waals surface area contributed by atoms with Crippen molar-refractivity contribution in [2.24, 2.45) is 0 Å². The molecule has 2 N–H and O–H groups in total. The highest BCUT2D eigenvalue weighted by Crippen LogP contribution is 2.36. The molecule has 0 bridgehead atoms. The van der Waals surface area contributed by atoms with Crippen molar-refractivity contribution in [2.45, 2.75) is 12.1 Å². The van der Waals surface area contributed by atoms with Gasteiger partial charge in [0.15, 0.2) is 0 Å². The molecule has 0 aliphatic carbocycles. The first-order chi connectivity index (χ1) is 22.7. The third-order valence-electron chi connectivity index (χ3n) is 9.17. The molecule has 0 atom stereocenters. The SMILES string of the molecule is C=C(NC(c1cccc2ccccc12)c1cccc2ccccc12)NC(c1cccc2ccccc12)c1cccc2ccccc12. The zero-order chi connectivity index (χ0) is 30.9. The van der Waals surface area contributed by atoms with Crippen molar-refractivity contribution >= 4 is 43.1 Å². The van der Waals surface area contributed by atoms with E-state index in [1.807, 2.05) is 0 Å². The second-order valence-electron chi connectivity index (χ2n) is 11.9. The van der Waals surface area contributed by atoms with Crippen molar-refractivity contribution in [1.29, 1.82) is 0 Å². The molecule has 0 aliphatic rings. The minimum absolute atomic E-state index is 0.141. The summed E-state index contributed by atoms with van der Waals surface area (Å²) in [5.74, 6) is 0.761. The van der Waals surface area contributed by atoms with Gasteiger partial charge >= 0.3 is 0 Å². The van der Waals surface area contributed by atoms with Gasteiger partial charge in [-0.15, -0.1) is 0 Å². The summed E-state index contributed by atoms with van der Waals surface area (Å²) in [6, 6.07) is 60.5. The van der Waals surface area contributed by atoms with Gasteiger partial charge in [-0.1, -0.05) is 176 Å². The molecule has 2 heteroatoms.